The van der Waals surface area contributed by atoms with Crippen molar-refractivity contribution in [3.63, 3.8) is 0 Å². The topological polar surface area (TPSA) is 35.6 Å². The average molecular weight is 319 g/mol. The Morgan fingerprint density at radius 1 is 1.18 bits per heavy atom. The Kier molecular flexibility index (Phi) is 5.59. The van der Waals surface area contributed by atoms with Crippen molar-refractivity contribution in [2.75, 3.05) is 32.7 Å². The van der Waals surface area contributed by atoms with Gasteiger partial charge in [0.1, 0.15) is 11.6 Å². The molecule has 1 aliphatic heterocycles. The number of piperazine rings is 1. The Morgan fingerprint density at radius 3 is 2.50 bits per heavy atom. The second kappa shape index (κ2) is 7.44. The van der Waals surface area contributed by atoms with Crippen LogP contribution in [0.5, 0.6) is 0 Å². The number of carbonyl (C=O) groups is 1. The minimum atomic E-state index is -2.39. The lowest BCUT2D eigenvalue weighted by molar-refractivity contribution is 0.0636. The first-order valence-corrected chi connectivity index (χ1v) is 6.93. The minimum Gasteiger partial charge on any atom is -0.334 e. The van der Waals surface area contributed by atoms with Gasteiger partial charge in [0.15, 0.2) is 0 Å². The van der Waals surface area contributed by atoms with Crippen molar-refractivity contribution in [1.29, 1.82) is 0 Å². The molecule has 0 unspecified atom stereocenters. The molecule has 1 aromatic carbocycles. The molecule has 1 fully saturated rings. The Morgan fingerprint density at radius 2 is 1.86 bits per heavy atom. The van der Waals surface area contributed by atoms with E-state index in [1.54, 1.807) is 4.90 Å². The molecular formula is C14H17F4N3O. The summed E-state index contributed by atoms with van der Waals surface area (Å²) in [5.74, 6) is -1.17. The normalized spacial score (nSPS) is 16.1. The van der Waals surface area contributed by atoms with Gasteiger partial charge in [-0.25, -0.2) is 22.4 Å². The summed E-state index contributed by atoms with van der Waals surface area (Å²) < 4.78 is 50.9. The van der Waals surface area contributed by atoms with Gasteiger partial charge in [0.05, 0.1) is 6.54 Å². The van der Waals surface area contributed by atoms with Gasteiger partial charge in [-0.1, -0.05) is 0 Å². The first-order valence-electron chi connectivity index (χ1n) is 6.93. The van der Waals surface area contributed by atoms with E-state index in [9.17, 15) is 22.4 Å². The molecule has 2 amide bonds. The summed E-state index contributed by atoms with van der Waals surface area (Å²) >= 11 is 0. The van der Waals surface area contributed by atoms with Gasteiger partial charge >= 0.3 is 6.03 Å². The first kappa shape index (κ1) is 16.5. The van der Waals surface area contributed by atoms with Crippen LogP contribution in [0.1, 0.15) is 5.56 Å². The number of hydrogen-bond donors (Lipinski definition) is 1. The fourth-order valence-corrected chi connectivity index (χ4v) is 2.29. The van der Waals surface area contributed by atoms with Crippen LogP contribution in [0.15, 0.2) is 18.2 Å². The van der Waals surface area contributed by atoms with E-state index in [4.69, 9.17) is 0 Å². The van der Waals surface area contributed by atoms with E-state index < -0.39 is 24.1 Å². The van der Waals surface area contributed by atoms with Gasteiger partial charge < -0.3 is 10.2 Å². The van der Waals surface area contributed by atoms with Crippen molar-refractivity contribution < 1.29 is 22.4 Å². The van der Waals surface area contributed by atoms with E-state index in [2.05, 4.69) is 5.32 Å². The molecule has 4 nitrogen and oxygen atoms in total. The zero-order valence-corrected chi connectivity index (χ0v) is 11.9. The quantitative estimate of drug-likeness (QED) is 0.862. The van der Waals surface area contributed by atoms with Crippen LogP contribution in [-0.4, -0.2) is 55.0 Å². The number of nitrogens with zero attached hydrogens (tertiary/aromatic N) is 2. The zero-order valence-electron chi connectivity index (χ0n) is 11.9. The van der Waals surface area contributed by atoms with Crippen molar-refractivity contribution in [3.05, 3.63) is 35.4 Å². The van der Waals surface area contributed by atoms with Gasteiger partial charge in [-0.3, -0.25) is 4.90 Å². The number of benzene rings is 1. The summed E-state index contributed by atoms with van der Waals surface area (Å²) in [6, 6.07) is 2.61. The van der Waals surface area contributed by atoms with Crippen LogP contribution in [0.25, 0.3) is 0 Å². The molecule has 0 aliphatic carbocycles. The second-order valence-corrected chi connectivity index (χ2v) is 5.07. The SMILES string of the molecule is O=C(NCc1cc(F)ccc1F)N1CCN(CC(F)F)CC1. The highest BCUT2D eigenvalue weighted by molar-refractivity contribution is 5.74. The van der Waals surface area contributed by atoms with E-state index >= 15 is 0 Å². The van der Waals surface area contributed by atoms with Crippen LogP contribution in [-0.2, 0) is 6.54 Å². The molecule has 8 heteroatoms. The third kappa shape index (κ3) is 4.59. The number of alkyl halides is 2. The third-order valence-electron chi connectivity index (χ3n) is 3.49. The third-order valence-corrected chi connectivity index (χ3v) is 3.49. The number of halogens is 4. The summed E-state index contributed by atoms with van der Waals surface area (Å²) in [5.41, 5.74) is 0.0599. The molecule has 1 aromatic rings. The summed E-state index contributed by atoms with van der Waals surface area (Å²) in [6.45, 7) is 0.955. The predicted molar refractivity (Wildman–Crippen MR) is 72.6 cm³/mol. The molecule has 1 heterocycles. The molecule has 0 spiro atoms. The molecule has 1 N–H and O–H groups in total. The van der Waals surface area contributed by atoms with Gasteiger partial charge in [0.25, 0.3) is 6.43 Å². The number of hydrogen-bond acceptors (Lipinski definition) is 2. The average Bonchev–Trinajstić information content (AvgIpc) is 2.48. The fraction of sp³-hybridized carbons (Fsp3) is 0.500. The van der Waals surface area contributed by atoms with Crippen LogP contribution in [0.2, 0.25) is 0 Å². The standard InChI is InChI=1S/C14H17F4N3O/c15-11-1-2-12(16)10(7-11)8-19-14(22)21-5-3-20(4-6-21)9-13(17)18/h1-2,7,13H,3-6,8-9H2,(H,19,22). The maximum absolute atomic E-state index is 13.4. The van der Waals surface area contributed by atoms with Crippen LogP contribution in [0.3, 0.4) is 0 Å². The number of rotatable bonds is 4. The molecule has 0 saturated carbocycles. The molecule has 2 rings (SSSR count). The summed E-state index contributed by atoms with van der Waals surface area (Å²) in [6.07, 6.45) is -2.39. The van der Waals surface area contributed by atoms with Crippen LogP contribution in [0, 0.1) is 11.6 Å². The van der Waals surface area contributed by atoms with E-state index in [0.717, 1.165) is 18.2 Å². The molecule has 0 aromatic heterocycles. The molecule has 122 valence electrons. The maximum atomic E-state index is 13.4. The van der Waals surface area contributed by atoms with Gasteiger partial charge in [-0.15, -0.1) is 0 Å². The number of nitrogens with one attached hydrogen (secondary N) is 1. The van der Waals surface area contributed by atoms with Crippen LogP contribution >= 0.6 is 0 Å². The van der Waals surface area contributed by atoms with Crippen molar-refractivity contribution >= 4 is 6.03 Å². The van der Waals surface area contributed by atoms with Crippen LogP contribution in [0.4, 0.5) is 22.4 Å². The van der Waals surface area contributed by atoms with Crippen LogP contribution < -0.4 is 5.32 Å². The van der Waals surface area contributed by atoms with E-state index in [0.29, 0.717) is 26.2 Å². The Balaban J connectivity index is 1.80. The monoisotopic (exact) mass is 319 g/mol. The molecule has 0 radical (unpaired) electrons. The molecule has 0 atom stereocenters. The largest absolute Gasteiger partial charge is 0.334 e. The number of carbonyl (C=O) groups excluding carboxylic acids is 1. The maximum Gasteiger partial charge on any atom is 0.317 e. The molecule has 1 saturated heterocycles. The van der Waals surface area contributed by atoms with Gasteiger partial charge in [-0.05, 0) is 18.2 Å². The summed E-state index contributed by atoms with van der Waals surface area (Å²) in [4.78, 5) is 15.0. The highest BCUT2D eigenvalue weighted by Gasteiger charge is 2.22. The summed E-state index contributed by atoms with van der Waals surface area (Å²) in [5, 5.41) is 2.51. The first-order chi connectivity index (χ1) is 10.5. The summed E-state index contributed by atoms with van der Waals surface area (Å²) in [7, 11) is 0. The Labute approximate surface area is 125 Å². The van der Waals surface area contributed by atoms with Crippen molar-refractivity contribution in [3.8, 4) is 0 Å². The molecular weight excluding hydrogens is 302 g/mol. The number of amides is 2. The highest BCUT2D eigenvalue weighted by atomic mass is 19.3. The van der Waals surface area contributed by atoms with Gasteiger partial charge in [0.2, 0.25) is 0 Å². The number of urea groups is 1. The molecule has 1 aliphatic rings. The minimum absolute atomic E-state index is 0.0599. The van der Waals surface area contributed by atoms with Gasteiger partial charge in [0, 0.05) is 38.3 Å². The van der Waals surface area contributed by atoms with Crippen molar-refractivity contribution in [2.45, 2.75) is 13.0 Å². The van der Waals surface area contributed by atoms with E-state index in [-0.39, 0.29) is 18.7 Å². The Bertz CT molecular complexity index is 519. The zero-order chi connectivity index (χ0) is 16.1. The lowest BCUT2D eigenvalue weighted by Gasteiger charge is -2.34. The molecule has 22 heavy (non-hydrogen) atoms. The fourth-order valence-electron chi connectivity index (χ4n) is 2.29. The van der Waals surface area contributed by atoms with Crippen molar-refractivity contribution in [1.82, 2.24) is 15.1 Å². The van der Waals surface area contributed by atoms with Gasteiger partial charge in [-0.2, -0.15) is 0 Å². The van der Waals surface area contributed by atoms with E-state index in [1.165, 1.54) is 4.90 Å². The highest BCUT2D eigenvalue weighted by Crippen LogP contribution is 2.10. The smallest absolute Gasteiger partial charge is 0.317 e. The van der Waals surface area contributed by atoms with Crippen molar-refractivity contribution in [2.24, 2.45) is 0 Å². The van der Waals surface area contributed by atoms with E-state index in [1.807, 2.05) is 0 Å². The lowest BCUT2D eigenvalue weighted by atomic mass is 10.2. The Hall–Kier alpha value is -1.83. The predicted octanol–water partition coefficient (Wildman–Crippen LogP) is 2.06. The second-order valence-electron chi connectivity index (χ2n) is 5.07. The molecule has 0 bridgehead atoms. The lowest BCUT2D eigenvalue weighted by Crippen LogP contribution is -2.52.